The molecule has 0 bridgehead atoms. The fourth-order valence-electron chi connectivity index (χ4n) is 6.10. The fourth-order valence-corrected chi connectivity index (χ4v) is 6.10. The number of fused-ring (bicyclic) bond motifs is 3. The number of esters is 4. The van der Waals surface area contributed by atoms with Crippen LogP contribution in [0.2, 0.25) is 0 Å². The molecule has 1 aliphatic heterocycles. The SMILES string of the molecule is COC(=O)[C@@]1(C)CC[C@@H](OC(C)=O)[C@H]2C3=C(C)C(=O)O[C@H](c4ccoc4)[C@H]3[C@@H](OC(C)=O)[C@@H]21. The molecule has 2 aliphatic carbocycles. The van der Waals surface area contributed by atoms with Gasteiger partial charge in [-0.2, -0.15) is 0 Å². The zero-order chi connectivity index (χ0) is 24.1. The monoisotopic (exact) mass is 460 g/mol. The first kappa shape index (κ1) is 23.1. The highest BCUT2D eigenvalue weighted by molar-refractivity contribution is 5.91. The Morgan fingerprint density at radius 2 is 1.82 bits per heavy atom. The minimum atomic E-state index is -1.04. The molecule has 9 nitrogen and oxygen atoms in total. The summed E-state index contributed by atoms with van der Waals surface area (Å²) >= 11 is 0. The number of furan rings is 1. The summed E-state index contributed by atoms with van der Waals surface area (Å²) in [6.45, 7) is 6.05. The van der Waals surface area contributed by atoms with Crippen LogP contribution in [0.3, 0.4) is 0 Å². The highest BCUT2D eigenvalue weighted by Crippen LogP contribution is 2.63. The molecule has 0 unspecified atom stereocenters. The molecule has 1 aromatic heterocycles. The maximum absolute atomic E-state index is 13.1. The first-order chi connectivity index (χ1) is 15.6. The number of methoxy groups -OCH3 is 1. The van der Waals surface area contributed by atoms with Crippen LogP contribution in [0.25, 0.3) is 0 Å². The van der Waals surface area contributed by atoms with Crippen LogP contribution in [-0.4, -0.2) is 43.2 Å². The summed E-state index contributed by atoms with van der Waals surface area (Å²) in [6.07, 6.45) is 1.52. The van der Waals surface area contributed by atoms with Crippen molar-refractivity contribution >= 4 is 23.9 Å². The minimum Gasteiger partial charge on any atom is -0.472 e. The van der Waals surface area contributed by atoms with Crippen LogP contribution in [0.4, 0.5) is 0 Å². The van der Waals surface area contributed by atoms with Gasteiger partial charge in [0.25, 0.3) is 0 Å². The second-order valence-electron chi connectivity index (χ2n) is 9.21. The van der Waals surface area contributed by atoms with Gasteiger partial charge in [0.05, 0.1) is 31.0 Å². The summed E-state index contributed by atoms with van der Waals surface area (Å²) in [5.74, 6) is -3.63. The van der Waals surface area contributed by atoms with Gasteiger partial charge < -0.3 is 23.4 Å². The molecule has 0 spiro atoms. The van der Waals surface area contributed by atoms with Crippen LogP contribution in [0, 0.1) is 23.2 Å². The first-order valence-corrected chi connectivity index (χ1v) is 11.0. The fraction of sp³-hybridized carbons (Fsp3) is 0.583. The lowest BCUT2D eigenvalue weighted by molar-refractivity contribution is -0.181. The van der Waals surface area contributed by atoms with Crippen molar-refractivity contribution in [3.05, 3.63) is 35.3 Å². The Hall–Kier alpha value is -3.10. The van der Waals surface area contributed by atoms with Gasteiger partial charge in [-0.3, -0.25) is 14.4 Å². The summed E-state index contributed by atoms with van der Waals surface area (Å²) < 4.78 is 27.7. The van der Waals surface area contributed by atoms with Crippen LogP contribution in [0.15, 0.2) is 34.2 Å². The molecule has 2 fully saturated rings. The lowest BCUT2D eigenvalue weighted by Crippen LogP contribution is -2.52. The molecule has 0 radical (unpaired) electrons. The third-order valence-electron chi connectivity index (χ3n) is 7.34. The lowest BCUT2D eigenvalue weighted by Gasteiger charge is -2.45. The topological polar surface area (TPSA) is 118 Å². The van der Waals surface area contributed by atoms with Crippen LogP contribution in [0.1, 0.15) is 52.2 Å². The number of rotatable bonds is 4. The second-order valence-corrected chi connectivity index (χ2v) is 9.21. The van der Waals surface area contributed by atoms with E-state index >= 15 is 0 Å². The van der Waals surface area contributed by atoms with Gasteiger partial charge in [-0.25, -0.2) is 4.79 Å². The van der Waals surface area contributed by atoms with Crippen LogP contribution in [0.5, 0.6) is 0 Å². The smallest absolute Gasteiger partial charge is 0.334 e. The average Bonchev–Trinajstić information content (AvgIpc) is 3.39. The van der Waals surface area contributed by atoms with E-state index in [0.29, 0.717) is 29.6 Å². The molecule has 2 heterocycles. The molecule has 33 heavy (non-hydrogen) atoms. The summed E-state index contributed by atoms with van der Waals surface area (Å²) in [5, 5.41) is 0. The zero-order valence-electron chi connectivity index (χ0n) is 19.3. The molecule has 3 aliphatic rings. The number of carbonyl (C=O) groups is 4. The number of carbonyl (C=O) groups excluding carboxylic acids is 4. The highest BCUT2D eigenvalue weighted by atomic mass is 16.6. The quantitative estimate of drug-likeness (QED) is 0.493. The Kier molecular flexibility index (Phi) is 5.84. The summed E-state index contributed by atoms with van der Waals surface area (Å²) in [4.78, 5) is 50.1. The molecule has 0 aromatic carbocycles. The normalized spacial score (nSPS) is 35.2. The van der Waals surface area contributed by atoms with Gasteiger partial charge in [-0.1, -0.05) is 0 Å². The third-order valence-corrected chi connectivity index (χ3v) is 7.34. The average molecular weight is 460 g/mol. The lowest BCUT2D eigenvalue weighted by atomic mass is 9.61. The maximum atomic E-state index is 13.1. The molecule has 0 saturated heterocycles. The van der Waals surface area contributed by atoms with Gasteiger partial charge in [-0.05, 0) is 38.3 Å². The summed E-state index contributed by atoms with van der Waals surface area (Å²) in [5.41, 5.74) is 0.633. The van der Waals surface area contributed by atoms with Gasteiger partial charge in [0.1, 0.15) is 18.3 Å². The number of hydrogen-bond donors (Lipinski definition) is 0. The number of hydrogen-bond acceptors (Lipinski definition) is 9. The van der Waals surface area contributed by atoms with Crippen LogP contribution < -0.4 is 0 Å². The Morgan fingerprint density at radius 3 is 2.39 bits per heavy atom. The Labute approximate surface area is 191 Å². The van der Waals surface area contributed by atoms with Crippen molar-refractivity contribution in [2.75, 3.05) is 7.11 Å². The molecular formula is C24H28O9. The molecule has 4 rings (SSSR count). The van der Waals surface area contributed by atoms with Gasteiger partial charge in [0.2, 0.25) is 0 Å². The van der Waals surface area contributed by atoms with Crippen molar-refractivity contribution in [1.82, 2.24) is 0 Å². The third kappa shape index (κ3) is 3.63. The maximum Gasteiger partial charge on any atom is 0.334 e. The van der Waals surface area contributed by atoms with E-state index in [1.54, 1.807) is 19.9 Å². The Bertz CT molecular complexity index is 1010. The van der Waals surface area contributed by atoms with Crippen molar-refractivity contribution in [3.8, 4) is 0 Å². The van der Waals surface area contributed by atoms with E-state index in [4.69, 9.17) is 23.4 Å². The van der Waals surface area contributed by atoms with E-state index in [2.05, 4.69) is 0 Å². The van der Waals surface area contributed by atoms with Crippen molar-refractivity contribution < 1.29 is 42.5 Å². The molecule has 0 amide bonds. The Balaban J connectivity index is 1.95. The molecule has 9 heteroatoms. The zero-order valence-corrected chi connectivity index (χ0v) is 19.3. The van der Waals surface area contributed by atoms with Crippen molar-refractivity contribution in [3.63, 3.8) is 0 Å². The van der Waals surface area contributed by atoms with Crippen LogP contribution in [-0.2, 0) is 38.1 Å². The minimum absolute atomic E-state index is 0.362. The summed E-state index contributed by atoms with van der Waals surface area (Å²) in [6, 6.07) is 1.69. The van der Waals surface area contributed by atoms with E-state index < -0.39 is 65.4 Å². The summed E-state index contributed by atoms with van der Waals surface area (Å²) in [7, 11) is 1.31. The largest absolute Gasteiger partial charge is 0.472 e. The molecule has 178 valence electrons. The molecule has 1 aromatic rings. The van der Waals surface area contributed by atoms with E-state index in [0.717, 1.165) is 0 Å². The van der Waals surface area contributed by atoms with E-state index in [-0.39, 0.29) is 0 Å². The van der Waals surface area contributed by atoms with Crippen molar-refractivity contribution in [2.45, 2.75) is 58.8 Å². The number of ether oxygens (including phenoxy) is 4. The number of cyclic esters (lactones) is 1. The second kappa shape index (κ2) is 8.35. The van der Waals surface area contributed by atoms with Crippen LogP contribution >= 0.6 is 0 Å². The van der Waals surface area contributed by atoms with Crippen molar-refractivity contribution in [1.29, 1.82) is 0 Å². The van der Waals surface area contributed by atoms with Gasteiger partial charge in [0.15, 0.2) is 0 Å². The van der Waals surface area contributed by atoms with E-state index in [1.807, 2.05) is 0 Å². The van der Waals surface area contributed by atoms with Gasteiger partial charge in [0, 0.05) is 36.8 Å². The molecule has 0 N–H and O–H groups in total. The van der Waals surface area contributed by atoms with Crippen molar-refractivity contribution in [2.24, 2.45) is 23.2 Å². The predicted octanol–water partition coefficient (Wildman–Crippen LogP) is 2.89. The molecule has 7 atom stereocenters. The Morgan fingerprint density at radius 1 is 1.12 bits per heavy atom. The molecular weight excluding hydrogens is 432 g/mol. The van der Waals surface area contributed by atoms with Gasteiger partial charge >= 0.3 is 23.9 Å². The first-order valence-electron chi connectivity index (χ1n) is 11.0. The van der Waals surface area contributed by atoms with Gasteiger partial charge in [-0.15, -0.1) is 0 Å². The standard InChI is InChI=1S/C24H28O9/c1-11-16-17-15(31-12(2)25)6-8-24(4,23(28)29-5)19(17)21(32-13(3)26)18(16)20(33-22(11)27)14-7-9-30-10-14/h7,9-10,15,17-21H,6,8H2,1-5H3/t15-,17+,18+,19-,20-,21-,24+/m1/s1. The predicted molar refractivity (Wildman–Crippen MR) is 111 cm³/mol. The van der Waals surface area contributed by atoms with E-state index in [9.17, 15) is 19.2 Å². The highest BCUT2D eigenvalue weighted by Gasteiger charge is 2.67. The molecule has 2 saturated carbocycles. The van der Waals surface area contributed by atoms with E-state index in [1.165, 1.54) is 33.5 Å².